The second kappa shape index (κ2) is 6.77. The summed E-state index contributed by atoms with van der Waals surface area (Å²) >= 11 is 0. The molecule has 1 aliphatic rings. The van der Waals surface area contributed by atoms with Crippen molar-refractivity contribution in [1.82, 2.24) is 10.3 Å². The van der Waals surface area contributed by atoms with Crippen molar-refractivity contribution in [3.63, 3.8) is 0 Å². The van der Waals surface area contributed by atoms with Crippen LogP contribution in [0.25, 0.3) is 0 Å². The molecule has 2 rings (SSSR count). The van der Waals surface area contributed by atoms with Crippen LogP contribution in [0.1, 0.15) is 32.9 Å². The van der Waals surface area contributed by atoms with E-state index >= 15 is 0 Å². The monoisotopic (exact) mass is 305 g/mol. The van der Waals surface area contributed by atoms with Crippen molar-refractivity contribution < 1.29 is 14.3 Å². The first kappa shape index (κ1) is 16.3. The molecule has 0 unspecified atom stereocenters. The van der Waals surface area contributed by atoms with Gasteiger partial charge >= 0.3 is 0 Å². The van der Waals surface area contributed by atoms with Gasteiger partial charge in [0.1, 0.15) is 18.3 Å². The SMILES string of the molecule is CC(=O)N[C@@H](CC(C)C)C(=O)N1CCOc2nc(C)ccc21. The average Bonchev–Trinajstić information content (AvgIpc) is 2.43. The van der Waals surface area contributed by atoms with Crippen molar-refractivity contribution in [3.05, 3.63) is 17.8 Å². The third-order valence-electron chi connectivity index (χ3n) is 3.47. The molecule has 0 spiro atoms. The standard InChI is InChI=1S/C16H23N3O3/c1-10(2)9-13(18-12(4)20)16(21)19-7-8-22-15-14(19)6-5-11(3)17-15/h5-6,10,13H,7-9H2,1-4H3,(H,18,20)/t13-/m0/s1. The number of ether oxygens (including phenoxy) is 1. The van der Waals surface area contributed by atoms with Gasteiger partial charge in [-0.3, -0.25) is 9.59 Å². The predicted molar refractivity (Wildman–Crippen MR) is 83.9 cm³/mol. The zero-order chi connectivity index (χ0) is 16.3. The normalized spacial score (nSPS) is 15.0. The van der Waals surface area contributed by atoms with Crippen molar-refractivity contribution in [3.8, 4) is 5.88 Å². The van der Waals surface area contributed by atoms with Gasteiger partial charge in [0.05, 0.1) is 6.54 Å². The highest BCUT2D eigenvalue weighted by atomic mass is 16.5. The molecule has 120 valence electrons. The molecule has 2 heterocycles. The topological polar surface area (TPSA) is 71.5 Å². The van der Waals surface area contributed by atoms with Gasteiger partial charge in [-0.2, -0.15) is 0 Å². The number of fused-ring (bicyclic) bond motifs is 1. The number of rotatable bonds is 4. The summed E-state index contributed by atoms with van der Waals surface area (Å²) in [6.45, 7) is 8.23. The number of nitrogens with zero attached hydrogens (tertiary/aromatic N) is 2. The second-order valence-corrected chi connectivity index (χ2v) is 6.00. The van der Waals surface area contributed by atoms with Crippen LogP contribution in [0.5, 0.6) is 5.88 Å². The Balaban J connectivity index is 2.26. The minimum atomic E-state index is -0.523. The molecule has 0 aromatic carbocycles. The molecule has 1 aromatic rings. The first-order valence-corrected chi connectivity index (χ1v) is 7.57. The number of hydrogen-bond donors (Lipinski definition) is 1. The molecule has 6 heteroatoms. The molecule has 6 nitrogen and oxygen atoms in total. The van der Waals surface area contributed by atoms with Crippen LogP contribution in [0.3, 0.4) is 0 Å². The molecular formula is C16H23N3O3. The Morgan fingerprint density at radius 1 is 1.41 bits per heavy atom. The van der Waals surface area contributed by atoms with Crippen molar-refractivity contribution in [2.24, 2.45) is 5.92 Å². The number of pyridine rings is 1. The number of aromatic nitrogens is 1. The average molecular weight is 305 g/mol. The molecule has 0 aliphatic carbocycles. The van der Waals surface area contributed by atoms with Crippen LogP contribution < -0.4 is 15.0 Å². The number of carbonyl (C=O) groups is 2. The maximum absolute atomic E-state index is 12.8. The fraction of sp³-hybridized carbons (Fsp3) is 0.562. The number of anilines is 1. The Kier molecular flexibility index (Phi) is 5.00. The zero-order valence-electron chi connectivity index (χ0n) is 13.5. The summed E-state index contributed by atoms with van der Waals surface area (Å²) in [5, 5.41) is 2.76. The smallest absolute Gasteiger partial charge is 0.249 e. The van der Waals surface area contributed by atoms with Gasteiger partial charge in [-0.05, 0) is 31.4 Å². The zero-order valence-corrected chi connectivity index (χ0v) is 13.5. The largest absolute Gasteiger partial charge is 0.474 e. The highest BCUT2D eigenvalue weighted by molar-refractivity contribution is 6.00. The lowest BCUT2D eigenvalue weighted by Crippen LogP contribution is -2.51. The Bertz CT molecular complexity index is 572. The van der Waals surface area contributed by atoms with Gasteiger partial charge in [0, 0.05) is 12.6 Å². The third-order valence-corrected chi connectivity index (χ3v) is 3.47. The van der Waals surface area contributed by atoms with Gasteiger partial charge in [-0.25, -0.2) is 4.98 Å². The summed E-state index contributed by atoms with van der Waals surface area (Å²) in [5.41, 5.74) is 1.51. The number of nitrogens with one attached hydrogen (secondary N) is 1. The third kappa shape index (κ3) is 3.75. The van der Waals surface area contributed by atoms with Crippen LogP contribution in [0.2, 0.25) is 0 Å². The second-order valence-electron chi connectivity index (χ2n) is 6.00. The number of carbonyl (C=O) groups excluding carboxylic acids is 2. The van der Waals surface area contributed by atoms with Crippen LogP contribution in [-0.2, 0) is 9.59 Å². The summed E-state index contributed by atoms with van der Waals surface area (Å²) in [4.78, 5) is 30.2. The minimum Gasteiger partial charge on any atom is -0.474 e. The Morgan fingerprint density at radius 3 is 2.77 bits per heavy atom. The van der Waals surface area contributed by atoms with Crippen LogP contribution >= 0.6 is 0 Å². The van der Waals surface area contributed by atoms with Gasteiger partial charge in [0.15, 0.2) is 0 Å². The predicted octanol–water partition coefficient (Wildman–Crippen LogP) is 1.67. The fourth-order valence-electron chi connectivity index (χ4n) is 2.55. The molecule has 0 fully saturated rings. The first-order valence-electron chi connectivity index (χ1n) is 7.57. The number of hydrogen-bond acceptors (Lipinski definition) is 4. The summed E-state index contributed by atoms with van der Waals surface area (Å²) in [6.07, 6.45) is 0.602. The summed E-state index contributed by atoms with van der Waals surface area (Å²) in [7, 11) is 0. The maximum Gasteiger partial charge on any atom is 0.249 e. The molecule has 2 amide bonds. The lowest BCUT2D eigenvalue weighted by atomic mass is 10.0. The molecule has 1 aromatic heterocycles. The highest BCUT2D eigenvalue weighted by Gasteiger charge is 2.31. The number of aryl methyl sites for hydroxylation is 1. The van der Waals surface area contributed by atoms with E-state index in [1.807, 2.05) is 32.9 Å². The highest BCUT2D eigenvalue weighted by Crippen LogP contribution is 2.30. The van der Waals surface area contributed by atoms with E-state index in [9.17, 15) is 9.59 Å². The van der Waals surface area contributed by atoms with E-state index in [1.54, 1.807) is 4.90 Å². The van der Waals surface area contributed by atoms with Crippen LogP contribution in [0.4, 0.5) is 5.69 Å². The molecule has 1 N–H and O–H groups in total. The van der Waals surface area contributed by atoms with Crippen LogP contribution in [-0.4, -0.2) is 36.0 Å². The molecule has 0 saturated carbocycles. The van der Waals surface area contributed by atoms with Gasteiger partial charge in [-0.1, -0.05) is 13.8 Å². The molecule has 1 aliphatic heterocycles. The minimum absolute atomic E-state index is 0.112. The van der Waals surface area contributed by atoms with E-state index < -0.39 is 6.04 Å². The maximum atomic E-state index is 12.8. The van der Waals surface area contributed by atoms with E-state index in [0.717, 1.165) is 5.69 Å². The summed E-state index contributed by atoms with van der Waals surface area (Å²) in [5.74, 6) is 0.469. The van der Waals surface area contributed by atoms with Crippen molar-refractivity contribution in [2.45, 2.75) is 40.2 Å². The van der Waals surface area contributed by atoms with Gasteiger partial charge in [0.25, 0.3) is 0 Å². The number of amides is 2. The Labute approximate surface area is 130 Å². The molecule has 0 bridgehead atoms. The van der Waals surface area contributed by atoms with Gasteiger partial charge in [0.2, 0.25) is 17.7 Å². The van der Waals surface area contributed by atoms with Gasteiger partial charge in [-0.15, -0.1) is 0 Å². The van der Waals surface area contributed by atoms with E-state index in [2.05, 4.69) is 10.3 Å². The Morgan fingerprint density at radius 2 is 2.14 bits per heavy atom. The molecule has 1 atom stereocenters. The molecule has 22 heavy (non-hydrogen) atoms. The van der Waals surface area contributed by atoms with Crippen LogP contribution in [0, 0.1) is 12.8 Å². The molecule has 0 saturated heterocycles. The lowest BCUT2D eigenvalue weighted by molar-refractivity contribution is -0.127. The van der Waals surface area contributed by atoms with Crippen molar-refractivity contribution >= 4 is 17.5 Å². The summed E-state index contributed by atoms with van der Waals surface area (Å²) in [6, 6.07) is 3.17. The Hall–Kier alpha value is -2.11. The molecule has 0 radical (unpaired) electrons. The van der Waals surface area contributed by atoms with E-state index in [0.29, 0.717) is 37.1 Å². The first-order chi connectivity index (χ1) is 10.4. The van der Waals surface area contributed by atoms with E-state index in [4.69, 9.17) is 4.74 Å². The summed E-state index contributed by atoms with van der Waals surface area (Å²) < 4.78 is 5.53. The lowest BCUT2D eigenvalue weighted by Gasteiger charge is -2.32. The van der Waals surface area contributed by atoms with E-state index in [1.165, 1.54) is 6.92 Å². The van der Waals surface area contributed by atoms with E-state index in [-0.39, 0.29) is 11.8 Å². The quantitative estimate of drug-likeness (QED) is 0.918. The fourth-order valence-corrected chi connectivity index (χ4v) is 2.55. The molecular weight excluding hydrogens is 282 g/mol. The van der Waals surface area contributed by atoms with Crippen molar-refractivity contribution in [1.29, 1.82) is 0 Å². The van der Waals surface area contributed by atoms with Gasteiger partial charge < -0.3 is 15.0 Å². The van der Waals surface area contributed by atoms with Crippen LogP contribution in [0.15, 0.2) is 12.1 Å². The van der Waals surface area contributed by atoms with Crippen molar-refractivity contribution in [2.75, 3.05) is 18.1 Å².